The Balaban J connectivity index is 1.94. The van der Waals surface area contributed by atoms with E-state index in [9.17, 15) is 9.90 Å². The van der Waals surface area contributed by atoms with Gasteiger partial charge in [0.2, 0.25) is 5.95 Å². The lowest BCUT2D eigenvalue weighted by Crippen LogP contribution is -2.14. The smallest absolute Gasteiger partial charge is 0.261 e. The molecule has 0 aliphatic rings. The van der Waals surface area contributed by atoms with Gasteiger partial charge in [-0.1, -0.05) is 18.2 Å². The Morgan fingerprint density at radius 1 is 1.16 bits per heavy atom. The van der Waals surface area contributed by atoms with Gasteiger partial charge in [0.05, 0.1) is 17.3 Å². The van der Waals surface area contributed by atoms with Crippen molar-refractivity contribution >= 4 is 17.4 Å². The van der Waals surface area contributed by atoms with Gasteiger partial charge < -0.3 is 5.11 Å². The van der Waals surface area contributed by atoms with Crippen molar-refractivity contribution in [2.24, 2.45) is 0 Å². The number of para-hydroxylation sites is 1. The molecule has 2 aromatic heterocycles. The molecule has 19 heavy (non-hydrogen) atoms. The number of phenolic OH excluding ortho intramolecular Hbond substituents is 1. The van der Waals surface area contributed by atoms with E-state index in [2.05, 4.69) is 10.3 Å². The number of anilines is 1. The monoisotopic (exact) mass is 253 g/mol. The number of hydrogen-bond donors (Lipinski definition) is 2. The molecule has 1 aromatic carbocycles. The number of aromatic nitrogens is 2. The number of carbonyl (C=O) groups excluding carboxylic acids is 1. The maximum atomic E-state index is 12.1. The predicted octanol–water partition coefficient (Wildman–Crippen LogP) is 2.29. The minimum absolute atomic E-state index is 0.0548. The number of imidazole rings is 1. The molecule has 0 bridgehead atoms. The highest BCUT2D eigenvalue weighted by atomic mass is 16.3. The molecular formula is C14H11N3O2. The van der Waals surface area contributed by atoms with Gasteiger partial charge in [0.25, 0.3) is 5.91 Å². The second-order valence-electron chi connectivity index (χ2n) is 4.05. The lowest BCUT2D eigenvalue weighted by molar-refractivity contribution is 0.102. The lowest BCUT2D eigenvalue weighted by atomic mass is 10.2. The van der Waals surface area contributed by atoms with Gasteiger partial charge in [-0.05, 0) is 24.3 Å². The van der Waals surface area contributed by atoms with Crippen molar-refractivity contribution < 1.29 is 9.90 Å². The first kappa shape index (κ1) is 11.3. The molecular weight excluding hydrogens is 242 g/mol. The van der Waals surface area contributed by atoms with Crippen LogP contribution in [0.2, 0.25) is 0 Å². The summed E-state index contributed by atoms with van der Waals surface area (Å²) in [6.45, 7) is 0. The third kappa shape index (κ3) is 2.01. The highest BCUT2D eigenvalue weighted by Crippen LogP contribution is 2.18. The number of benzene rings is 1. The molecule has 94 valence electrons. The van der Waals surface area contributed by atoms with Gasteiger partial charge in [-0.3, -0.25) is 14.5 Å². The third-order valence-electron chi connectivity index (χ3n) is 2.81. The molecule has 2 N–H and O–H groups in total. The van der Waals surface area contributed by atoms with E-state index in [1.165, 1.54) is 6.07 Å². The fourth-order valence-corrected chi connectivity index (χ4v) is 1.87. The molecule has 0 aliphatic carbocycles. The molecule has 3 aromatic rings. The maximum absolute atomic E-state index is 12.1. The second-order valence-corrected chi connectivity index (χ2v) is 4.05. The van der Waals surface area contributed by atoms with Gasteiger partial charge in [0.15, 0.2) is 0 Å². The number of pyridine rings is 1. The fourth-order valence-electron chi connectivity index (χ4n) is 1.87. The summed E-state index contributed by atoms with van der Waals surface area (Å²) in [6.07, 6.45) is 3.48. The molecule has 0 atom stereocenters. The quantitative estimate of drug-likeness (QED) is 0.736. The Labute approximate surface area is 109 Å². The second kappa shape index (κ2) is 4.45. The SMILES string of the molecule is O=C(Nc1ncc2ccccn12)c1ccccc1O. The molecule has 0 unspecified atom stereocenters. The lowest BCUT2D eigenvalue weighted by Gasteiger charge is -2.05. The minimum Gasteiger partial charge on any atom is -0.507 e. The van der Waals surface area contributed by atoms with E-state index >= 15 is 0 Å². The zero-order chi connectivity index (χ0) is 13.2. The predicted molar refractivity (Wildman–Crippen MR) is 71.3 cm³/mol. The molecule has 3 rings (SSSR count). The molecule has 0 radical (unpaired) electrons. The van der Waals surface area contributed by atoms with Crippen molar-refractivity contribution in [3.63, 3.8) is 0 Å². The Kier molecular flexibility index (Phi) is 2.64. The van der Waals surface area contributed by atoms with E-state index in [1.807, 2.05) is 24.4 Å². The van der Waals surface area contributed by atoms with Crippen LogP contribution in [-0.4, -0.2) is 20.4 Å². The van der Waals surface area contributed by atoms with Crippen molar-refractivity contribution in [3.8, 4) is 5.75 Å². The van der Waals surface area contributed by atoms with Crippen molar-refractivity contribution in [2.75, 3.05) is 5.32 Å². The summed E-state index contributed by atoms with van der Waals surface area (Å²) in [6, 6.07) is 12.0. The number of carbonyl (C=O) groups is 1. The van der Waals surface area contributed by atoms with E-state index in [0.717, 1.165) is 5.52 Å². The zero-order valence-corrected chi connectivity index (χ0v) is 9.95. The van der Waals surface area contributed by atoms with Crippen molar-refractivity contribution in [3.05, 3.63) is 60.4 Å². The maximum Gasteiger partial charge on any atom is 0.261 e. The van der Waals surface area contributed by atoms with Crippen molar-refractivity contribution in [1.29, 1.82) is 0 Å². The van der Waals surface area contributed by atoms with Crippen LogP contribution in [0.15, 0.2) is 54.9 Å². The molecule has 0 saturated heterocycles. The number of hydrogen-bond acceptors (Lipinski definition) is 3. The fraction of sp³-hybridized carbons (Fsp3) is 0. The van der Waals surface area contributed by atoms with E-state index in [1.54, 1.807) is 28.8 Å². The van der Waals surface area contributed by atoms with Crippen LogP contribution in [0, 0.1) is 0 Å². The highest BCUT2D eigenvalue weighted by molar-refractivity contribution is 6.05. The van der Waals surface area contributed by atoms with Gasteiger partial charge >= 0.3 is 0 Å². The van der Waals surface area contributed by atoms with Crippen LogP contribution < -0.4 is 5.32 Å². The van der Waals surface area contributed by atoms with E-state index in [0.29, 0.717) is 5.95 Å². The molecule has 0 spiro atoms. The Hall–Kier alpha value is -2.82. The first-order valence-electron chi connectivity index (χ1n) is 5.77. The van der Waals surface area contributed by atoms with Crippen LogP contribution in [0.3, 0.4) is 0 Å². The highest BCUT2D eigenvalue weighted by Gasteiger charge is 2.12. The molecule has 0 aliphatic heterocycles. The topological polar surface area (TPSA) is 66.6 Å². The van der Waals surface area contributed by atoms with Gasteiger partial charge in [-0.2, -0.15) is 0 Å². The van der Waals surface area contributed by atoms with Gasteiger partial charge in [0.1, 0.15) is 5.75 Å². The third-order valence-corrected chi connectivity index (χ3v) is 2.81. The zero-order valence-electron chi connectivity index (χ0n) is 9.95. The Bertz CT molecular complexity index is 749. The Morgan fingerprint density at radius 3 is 2.79 bits per heavy atom. The molecule has 1 amide bonds. The number of fused-ring (bicyclic) bond motifs is 1. The van der Waals surface area contributed by atoms with Gasteiger partial charge in [0, 0.05) is 6.20 Å². The molecule has 0 fully saturated rings. The van der Waals surface area contributed by atoms with Crippen LogP contribution in [0.1, 0.15) is 10.4 Å². The number of aromatic hydroxyl groups is 1. The van der Waals surface area contributed by atoms with E-state index < -0.39 is 5.91 Å². The standard InChI is InChI=1S/C14H11N3O2/c18-12-7-2-1-6-11(12)13(19)16-14-15-9-10-5-3-4-8-17(10)14/h1-9,18H,(H,15,16,19). The molecule has 2 heterocycles. The number of phenols is 1. The normalized spacial score (nSPS) is 10.5. The summed E-state index contributed by atoms with van der Waals surface area (Å²) in [7, 11) is 0. The number of rotatable bonds is 2. The summed E-state index contributed by atoms with van der Waals surface area (Å²) in [4.78, 5) is 16.2. The van der Waals surface area contributed by atoms with Crippen LogP contribution >= 0.6 is 0 Å². The number of nitrogens with zero attached hydrogens (tertiary/aromatic N) is 2. The molecule has 5 heteroatoms. The largest absolute Gasteiger partial charge is 0.507 e. The average molecular weight is 253 g/mol. The summed E-state index contributed by atoms with van der Waals surface area (Å²) >= 11 is 0. The summed E-state index contributed by atoms with van der Waals surface area (Å²) in [5.41, 5.74) is 1.10. The first-order valence-corrected chi connectivity index (χ1v) is 5.77. The van der Waals surface area contributed by atoms with E-state index in [-0.39, 0.29) is 11.3 Å². The summed E-state index contributed by atoms with van der Waals surface area (Å²) in [5, 5.41) is 12.3. The first-order chi connectivity index (χ1) is 9.25. The van der Waals surface area contributed by atoms with Gasteiger partial charge in [-0.15, -0.1) is 0 Å². The number of amides is 1. The van der Waals surface area contributed by atoms with Crippen LogP contribution in [0.4, 0.5) is 5.95 Å². The number of nitrogens with one attached hydrogen (secondary N) is 1. The van der Waals surface area contributed by atoms with Crippen LogP contribution in [0.5, 0.6) is 5.75 Å². The molecule has 5 nitrogen and oxygen atoms in total. The van der Waals surface area contributed by atoms with Crippen LogP contribution in [-0.2, 0) is 0 Å². The minimum atomic E-state index is -0.394. The van der Waals surface area contributed by atoms with Crippen molar-refractivity contribution in [1.82, 2.24) is 9.38 Å². The van der Waals surface area contributed by atoms with Crippen LogP contribution in [0.25, 0.3) is 5.52 Å². The van der Waals surface area contributed by atoms with E-state index in [4.69, 9.17) is 0 Å². The summed E-state index contributed by atoms with van der Waals surface area (Å²) < 4.78 is 1.76. The van der Waals surface area contributed by atoms with Crippen molar-refractivity contribution in [2.45, 2.75) is 0 Å². The molecule has 0 saturated carbocycles. The van der Waals surface area contributed by atoms with Gasteiger partial charge in [-0.25, -0.2) is 4.98 Å². The summed E-state index contributed by atoms with van der Waals surface area (Å²) in [5.74, 6) is -0.0285. The Morgan fingerprint density at radius 2 is 1.95 bits per heavy atom. The average Bonchev–Trinajstić information content (AvgIpc) is 2.83.